The van der Waals surface area contributed by atoms with Gasteiger partial charge in [0.05, 0.1) is 11.8 Å². The van der Waals surface area contributed by atoms with E-state index >= 15 is 0 Å². The fourth-order valence-electron chi connectivity index (χ4n) is 2.31. The van der Waals surface area contributed by atoms with E-state index in [1.807, 2.05) is 0 Å². The summed E-state index contributed by atoms with van der Waals surface area (Å²) < 4.78 is 45.0. The Morgan fingerprint density at radius 2 is 2.16 bits per heavy atom. The van der Waals surface area contributed by atoms with Crippen LogP contribution in [-0.2, 0) is 14.8 Å². The number of hydrogen-bond acceptors (Lipinski definition) is 4. The molecule has 0 aromatic heterocycles. The number of anilines is 1. The lowest BCUT2D eigenvalue weighted by Crippen LogP contribution is -2.33. The van der Waals surface area contributed by atoms with Gasteiger partial charge in [0.25, 0.3) is 0 Å². The molecule has 106 valence electrons. The molecule has 1 aromatic rings. The summed E-state index contributed by atoms with van der Waals surface area (Å²) in [6.07, 6.45) is 2.26. The molecule has 2 unspecified atom stereocenters. The van der Waals surface area contributed by atoms with Crippen LogP contribution in [0.3, 0.4) is 0 Å². The minimum atomic E-state index is -3.72. The topological polar surface area (TPSA) is 81.4 Å². The fraction of sp³-hybridized carbons (Fsp3) is 0.500. The Morgan fingerprint density at radius 1 is 1.42 bits per heavy atom. The molecule has 3 N–H and O–H groups in total. The van der Waals surface area contributed by atoms with Gasteiger partial charge < -0.3 is 10.5 Å². The normalized spacial score (nSPS) is 23.7. The molecule has 19 heavy (non-hydrogen) atoms. The third kappa shape index (κ3) is 3.23. The van der Waals surface area contributed by atoms with Gasteiger partial charge in [-0.1, -0.05) is 0 Å². The van der Waals surface area contributed by atoms with Crippen molar-refractivity contribution in [3.8, 4) is 0 Å². The number of methoxy groups -OCH3 is 1. The molecule has 0 heterocycles. The van der Waals surface area contributed by atoms with Crippen LogP contribution in [0.15, 0.2) is 23.1 Å². The summed E-state index contributed by atoms with van der Waals surface area (Å²) in [6.45, 7) is 0. The SMILES string of the molecule is COC1CCC(NS(=O)(=O)c2ccc(F)cc2N)C1. The van der Waals surface area contributed by atoms with Gasteiger partial charge in [-0.3, -0.25) is 0 Å². The van der Waals surface area contributed by atoms with E-state index in [1.165, 1.54) is 6.07 Å². The van der Waals surface area contributed by atoms with E-state index in [9.17, 15) is 12.8 Å². The van der Waals surface area contributed by atoms with Gasteiger partial charge in [0.15, 0.2) is 0 Å². The van der Waals surface area contributed by atoms with Crippen LogP contribution in [0.25, 0.3) is 0 Å². The van der Waals surface area contributed by atoms with Crippen molar-refractivity contribution in [3.63, 3.8) is 0 Å². The molecule has 0 radical (unpaired) electrons. The first-order valence-corrected chi connectivity index (χ1v) is 7.51. The van der Waals surface area contributed by atoms with Crippen LogP contribution in [0.2, 0.25) is 0 Å². The van der Waals surface area contributed by atoms with Crippen LogP contribution in [0.1, 0.15) is 19.3 Å². The van der Waals surface area contributed by atoms with E-state index < -0.39 is 15.8 Å². The number of hydrogen-bond donors (Lipinski definition) is 2. The van der Waals surface area contributed by atoms with E-state index in [0.29, 0.717) is 6.42 Å². The number of ether oxygens (including phenoxy) is 1. The molecule has 0 spiro atoms. The molecule has 5 nitrogen and oxygen atoms in total. The van der Waals surface area contributed by atoms with Gasteiger partial charge in [0.1, 0.15) is 10.7 Å². The maximum Gasteiger partial charge on any atom is 0.242 e. The monoisotopic (exact) mass is 288 g/mol. The van der Waals surface area contributed by atoms with Crippen molar-refractivity contribution in [2.45, 2.75) is 36.3 Å². The molecule has 0 saturated heterocycles. The van der Waals surface area contributed by atoms with Gasteiger partial charge in [-0.05, 0) is 37.5 Å². The third-order valence-electron chi connectivity index (χ3n) is 3.30. The summed E-state index contributed by atoms with van der Waals surface area (Å²) in [5, 5.41) is 0. The highest BCUT2D eigenvalue weighted by Gasteiger charge is 2.29. The van der Waals surface area contributed by atoms with Crippen molar-refractivity contribution in [1.82, 2.24) is 4.72 Å². The summed E-state index contributed by atoms with van der Waals surface area (Å²) in [6, 6.07) is 3.09. The van der Waals surface area contributed by atoms with Crippen LogP contribution >= 0.6 is 0 Å². The largest absolute Gasteiger partial charge is 0.398 e. The molecule has 0 amide bonds. The lowest BCUT2D eigenvalue weighted by atomic mass is 10.3. The summed E-state index contributed by atoms with van der Waals surface area (Å²) in [4.78, 5) is -0.0882. The molecule has 1 aliphatic rings. The Labute approximate surface area is 112 Å². The maximum absolute atomic E-state index is 12.9. The molecule has 2 atom stereocenters. The van der Waals surface area contributed by atoms with Gasteiger partial charge >= 0.3 is 0 Å². The third-order valence-corrected chi connectivity index (χ3v) is 4.90. The van der Waals surface area contributed by atoms with E-state index in [0.717, 1.165) is 25.0 Å². The zero-order chi connectivity index (χ0) is 14.0. The van der Waals surface area contributed by atoms with Gasteiger partial charge in [0.2, 0.25) is 10.0 Å². The van der Waals surface area contributed by atoms with Crippen LogP contribution in [0.4, 0.5) is 10.1 Å². The predicted molar refractivity (Wildman–Crippen MR) is 69.6 cm³/mol. The highest BCUT2D eigenvalue weighted by atomic mass is 32.2. The first-order chi connectivity index (χ1) is 8.92. The molecular weight excluding hydrogens is 271 g/mol. The zero-order valence-corrected chi connectivity index (χ0v) is 11.4. The number of sulfonamides is 1. The number of halogens is 1. The van der Waals surface area contributed by atoms with E-state index in [-0.39, 0.29) is 22.7 Å². The van der Waals surface area contributed by atoms with Crippen molar-refractivity contribution in [3.05, 3.63) is 24.0 Å². The molecule has 1 fully saturated rings. The zero-order valence-electron chi connectivity index (χ0n) is 10.6. The summed E-state index contributed by atoms with van der Waals surface area (Å²) >= 11 is 0. The van der Waals surface area contributed by atoms with Crippen LogP contribution in [-0.4, -0.2) is 27.7 Å². The Kier molecular flexibility index (Phi) is 4.07. The summed E-state index contributed by atoms with van der Waals surface area (Å²) in [7, 11) is -2.11. The molecule has 0 bridgehead atoms. The number of nitrogen functional groups attached to an aromatic ring is 1. The minimum Gasteiger partial charge on any atom is -0.398 e. The van der Waals surface area contributed by atoms with Crippen molar-refractivity contribution >= 4 is 15.7 Å². The molecule has 2 rings (SSSR count). The van der Waals surface area contributed by atoms with Crippen molar-refractivity contribution < 1.29 is 17.5 Å². The van der Waals surface area contributed by atoms with E-state index in [2.05, 4.69) is 4.72 Å². The quantitative estimate of drug-likeness (QED) is 0.817. The Morgan fingerprint density at radius 3 is 2.74 bits per heavy atom. The van der Waals surface area contributed by atoms with Gasteiger partial charge in [0, 0.05) is 13.2 Å². The average molecular weight is 288 g/mol. The van der Waals surface area contributed by atoms with Crippen molar-refractivity contribution in [2.75, 3.05) is 12.8 Å². The highest BCUT2D eigenvalue weighted by molar-refractivity contribution is 7.89. The molecular formula is C12H17FN2O3S. The van der Waals surface area contributed by atoms with Gasteiger partial charge in [-0.2, -0.15) is 0 Å². The Bertz CT molecular complexity index is 562. The van der Waals surface area contributed by atoms with Crippen molar-refractivity contribution in [1.29, 1.82) is 0 Å². The second-order valence-electron chi connectivity index (χ2n) is 4.67. The molecule has 1 saturated carbocycles. The fourth-order valence-corrected chi connectivity index (χ4v) is 3.70. The molecule has 1 aromatic carbocycles. The first-order valence-electron chi connectivity index (χ1n) is 6.02. The van der Waals surface area contributed by atoms with Crippen molar-refractivity contribution in [2.24, 2.45) is 0 Å². The average Bonchev–Trinajstić information content (AvgIpc) is 2.75. The second-order valence-corrected chi connectivity index (χ2v) is 6.35. The van der Waals surface area contributed by atoms with Crippen LogP contribution in [0.5, 0.6) is 0 Å². The lowest BCUT2D eigenvalue weighted by molar-refractivity contribution is 0.107. The van der Waals surface area contributed by atoms with E-state index in [1.54, 1.807) is 7.11 Å². The second kappa shape index (κ2) is 5.44. The summed E-state index contributed by atoms with van der Waals surface area (Å²) in [5.41, 5.74) is 5.46. The maximum atomic E-state index is 12.9. The molecule has 1 aliphatic carbocycles. The number of nitrogens with two attached hydrogens (primary N) is 1. The van der Waals surface area contributed by atoms with Crippen LogP contribution < -0.4 is 10.5 Å². The summed E-state index contributed by atoms with van der Waals surface area (Å²) in [5.74, 6) is -0.559. The van der Waals surface area contributed by atoms with Gasteiger partial charge in [-0.25, -0.2) is 17.5 Å². The van der Waals surface area contributed by atoms with Gasteiger partial charge in [-0.15, -0.1) is 0 Å². The van der Waals surface area contributed by atoms with E-state index in [4.69, 9.17) is 10.5 Å². The number of rotatable bonds is 4. The molecule has 7 heteroatoms. The first kappa shape index (κ1) is 14.2. The number of benzene rings is 1. The Balaban J connectivity index is 2.14. The minimum absolute atomic E-state index is 0.0817. The Hall–Kier alpha value is -1.18. The smallest absolute Gasteiger partial charge is 0.242 e. The molecule has 0 aliphatic heterocycles. The highest BCUT2D eigenvalue weighted by Crippen LogP contribution is 2.25. The predicted octanol–water partition coefficient (Wildman–Crippen LogP) is 1.25. The lowest BCUT2D eigenvalue weighted by Gasteiger charge is -2.14. The number of nitrogens with one attached hydrogen (secondary N) is 1. The standard InChI is InChI=1S/C12H17FN2O3S/c1-18-10-4-3-9(7-10)15-19(16,17)12-5-2-8(13)6-11(12)14/h2,5-6,9-10,15H,3-4,7,14H2,1H3. The van der Waals surface area contributed by atoms with Crippen LogP contribution in [0, 0.1) is 5.82 Å².